The van der Waals surface area contributed by atoms with Gasteiger partial charge in [0.1, 0.15) is 11.8 Å². The lowest BCUT2D eigenvalue weighted by molar-refractivity contribution is -0.142. The van der Waals surface area contributed by atoms with Gasteiger partial charge in [0.2, 0.25) is 11.8 Å². The van der Waals surface area contributed by atoms with Crippen molar-refractivity contribution in [2.75, 3.05) is 13.1 Å². The highest BCUT2D eigenvalue weighted by atomic mass is 16.4. The van der Waals surface area contributed by atoms with Crippen molar-refractivity contribution in [3.63, 3.8) is 0 Å². The minimum Gasteiger partial charge on any atom is -0.465 e. The molecular formula is C19H21N3O5. The quantitative estimate of drug-likeness (QED) is 0.510. The van der Waals surface area contributed by atoms with Crippen LogP contribution in [0.4, 0.5) is 0 Å². The molecule has 0 spiro atoms. The summed E-state index contributed by atoms with van der Waals surface area (Å²) in [7, 11) is 0. The Morgan fingerprint density at radius 3 is 2.93 bits per heavy atom. The van der Waals surface area contributed by atoms with Crippen molar-refractivity contribution in [2.24, 2.45) is 5.92 Å². The molecule has 1 aromatic rings. The predicted molar refractivity (Wildman–Crippen MR) is 93.8 cm³/mol. The van der Waals surface area contributed by atoms with Crippen molar-refractivity contribution in [2.45, 2.75) is 31.5 Å². The van der Waals surface area contributed by atoms with Crippen molar-refractivity contribution in [3.05, 3.63) is 47.5 Å². The molecule has 3 N–H and O–H groups in total. The first-order valence-electron chi connectivity index (χ1n) is 9.02. The van der Waals surface area contributed by atoms with Crippen LogP contribution in [0.5, 0.6) is 0 Å². The standard InChI is InChI=1S/C19H21N3O5/c23-16-6-5-14(17(24)21-16)22-10-12-8-11(3-4-13(12)19(22)26)9-20-18(25)15-2-1-7-27-15/h1-4,7,12,14,18,20,25H,5-6,8-10H2,(H,21,23,24). The molecule has 27 heavy (non-hydrogen) atoms. The van der Waals surface area contributed by atoms with Crippen LogP contribution in [0.15, 0.2) is 46.1 Å². The number of piperidine rings is 1. The first-order chi connectivity index (χ1) is 13.0. The number of hydrogen-bond acceptors (Lipinski definition) is 6. The summed E-state index contributed by atoms with van der Waals surface area (Å²) in [5, 5.41) is 15.4. The first-order valence-corrected chi connectivity index (χ1v) is 9.02. The van der Waals surface area contributed by atoms with Crippen LogP contribution in [0.1, 0.15) is 31.3 Å². The first kappa shape index (κ1) is 17.7. The molecule has 0 radical (unpaired) electrons. The Morgan fingerprint density at radius 2 is 2.19 bits per heavy atom. The second kappa shape index (κ2) is 7.13. The molecule has 3 aliphatic rings. The minimum absolute atomic E-state index is 0.0190. The molecule has 3 unspecified atom stereocenters. The third-order valence-corrected chi connectivity index (χ3v) is 5.29. The number of aliphatic hydroxyl groups excluding tert-OH is 1. The van der Waals surface area contributed by atoms with E-state index in [9.17, 15) is 19.5 Å². The van der Waals surface area contributed by atoms with Gasteiger partial charge in [-0.05, 0) is 25.0 Å². The number of likely N-dealkylation sites (tertiary alicyclic amines) is 1. The average molecular weight is 371 g/mol. The van der Waals surface area contributed by atoms with Gasteiger partial charge in [0.25, 0.3) is 5.91 Å². The molecule has 4 rings (SSSR count). The molecule has 1 aliphatic carbocycles. The lowest BCUT2D eigenvalue weighted by atomic mass is 9.89. The Bertz CT molecular complexity index is 826. The van der Waals surface area contributed by atoms with E-state index in [1.54, 1.807) is 23.1 Å². The highest BCUT2D eigenvalue weighted by Crippen LogP contribution is 2.35. The second-order valence-electron chi connectivity index (χ2n) is 7.07. The van der Waals surface area contributed by atoms with Gasteiger partial charge >= 0.3 is 0 Å². The van der Waals surface area contributed by atoms with Crippen LogP contribution in [0.25, 0.3) is 0 Å². The fourth-order valence-corrected chi connectivity index (χ4v) is 3.89. The van der Waals surface area contributed by atoms with Crippen LogP contribution in [-0.2, 0) is 14.4 Å². The summed E-state index contributed by atoms with van der Waals surface area (Å²) in [5.41, 5.74) is 1.77. The summed E-state index contributed by atoms with van der Waals surface area (Å²) in [4.78, 5) is 37.7. The number of aliphatic hydroxyl groups is 1. The van der Waals surface area contributed by atoms with Gasteiger partial charge in [-0.15, -0.1) is 0 Å². The van der Waals surface area contributed by atoms with Crippen molar-refractivity contribution >= 4 is 17.7 Å². The molecule has 2 aliphatic heterocycles. The Kier molecular flexibility index (Phi) is 4.67. The van der Waals surface area contributed by atoms with Gasteiger partial charge in [-0.3, -0.25) is 25.0 Å². The van der Waals surface area contributed by atoms with E-state index in [-0.39, 0.29) is 24.2 Å². The number of rotatable bonds is 5. The van der Waals surface area contributed by atoms with Crippen LogP contribution < -0.4 is 10.6 Å². The summed E-state index contributed by atoms with van der Waals surface area (Å²) in [6.45, 7) is 0.934. The zero-order chi connectivity index (χ0) is 19.0. The molecule has 3 atom stereocenters. The van der Waals surface area contributed by atoms with E-state index in [0.29, 0.717) is 37.3 Å². The van der Waals surface area contributed by atoms with Crippen LogP contribution >= 0.6 is 0 Å². The number of imide groups is 1. The maximum absolute atomic E-state index is 12.7. The highest BCUT2D eigenvalue weighted by molar-refractivity contribution is 6.04. The zero-order valence-electron chi connectivity index (χ0n) is 14.7. The highest BCUT2D eigenvalue weighted by Gasteiger charge is 2.43. The molecule has 2 saturated heterocycles. The summed E-state index contributed by atoms with van der Waals surface area (Å²) in [6.07, 6.45) is 5.60. The Labute approximate surface area is 155 Å². The summed E-state index contributed by atoms with van der Waals surface area (Å²) in [5.74, 6) is -0.346. The molecule has 142 valence electrons. The van der Waals surface area contributed by atoms with Crippen molar-refractivity contribution in [1.82, 2.24) is 15.5 Å². The van der Waals surface area contributed by atoms with E-state index in [1.165, 1.54) is 6.26 Å². The normalized spacial score (nSPS) is 26.4. The maximum atomic E-state index is 12.7. The number of hydrogen-bond donors (Lipinski definition) is 3. The van der Waals surface area contributed by atoms with Gasteiger partial charge in [0, 0.05) is 31.0 Å². The molecule has 8 heteroatoms. The van der Waals surface area contributed by atoms with Crippen LogP contribution in [0.3, 0.4) is 0 Å². The second-order valence-corrected chi connectivity index (χ2v) is 7.07. The fraction of sp³-hybridized carbons (Fsp3) is 0.421. The average Bonchev–Trinajstić information content (AvgIpc) is 3.29. The summed E-state index contributed by atoms with van der Waals surface area (Å²) in [6, 6.07) is 2.82. The van der Waals surface area contributed by atoms with E-state index >= 15 is 0 Å². The van der Waals surface area contributed by atoms with Crippen molar-refractivity contribution in [1.29, 1.82) is 0 Å². The van der Waals surface area contributed by atoms with Crippen molar-refractivity contribution < 1.29 is 23.9 Å². The smallest absolute Gasteiger partial charge is 0.250 e. The van der Waals surface area contributed by atoms with Gasteiger partial charge < -0.3 is 14.4 Å². The van der Waals surface area contributed by atoms with Crippen molar-refractivity contribution in [3.8, 4) is 0 Å². The number of amides is 3. The third-order valence-electron chi connectivity index (χ3n) is 5.29. The monoisotopic (exact) mass is 371 g/mol. The number of carbonyl (C=O) groups is 3. The largest absolute Gasteiger partial charge is 0.465 e. The van der Waals surface area contributed by atoms with Crippen LogP contribution in [-0.4, -0.2) is 46.9 Å². The molecular weight excluding hydrogens is 350 g/mol. The lowest BCUT2D eigenvalue weighted by Crippen LogP contribution is -2.53. The minimum atomic E-state index is -0.892. The number of allylic oxidation sites excluding steroid dienone is 2. The molecule has 1 aromatic heterocycles. The maximum Gasteiger partial charge on any atom is 0.250 e. The Balaban J connectivity index is 1.37. The van der Waals surface area contributed by atoms with Gasteiger partial charge in [-0.2, -0.15) is 0 Å². The predicted octanol–water partition coefficient (Wildman–Crippen LogP) is 0.380. The number of nitrogens with zero attached hydrogens (tertiary/aromatic N) is 1. The molecule has 3 heterocycles. The molecule has 0 saturated carbocycles. The zero-order valence-corrected chi connectivity index (χ0v) is 14.7. The van der Waals surface area contributed by atoms with E-state index in [2.05, 4.69) is 10.6 Å². The Morgan fingerprint density at radius 1 is 1.33 bits per heavy atom. The van der Waals surface area contributed by atoms with Gasteiger partial charge in [0.05, 0.1) is 6.26 Å². The molecule has 2 fully saturated rings. The van der Waals surface area contributed by atoms with E-state index < -0.39 is 18.2 Å². The number of nitrogens with one attached hydrogen (secondary N) is 2. The van der Waals surface area contributed by atoms with Crippen LogP contribution in [0.2, 0.25) is 0 Å². The van der Waals surface area contributed by atoms with E-state index in [1.807, 2.05) is 6.08 Å². The SMILES string of the molecule is O=C1CCC(N2CC3CC(CNC(O)c4ccco4)=CC=C3C2=O)C(=O)N1. The Hall–Kier alpha value is -2.71. The van der Waals surface area contributed by atoms with Gasteiger partial charge in [-0.25, -0.2) is 0 Å². The molecule has 3 amide bonds. The topological polar surface area (TPSA) is 112 Å². The molecule has 0 aromatic carbocycles. The van der Waals surface area contributed by atoms with E-state index in [0.717, 1.165) is 5.57 Å². The fourth-order valence-electron chi connectivity index (χ4n) is 3.89. The number of carbonyl (C=O) groups excluding carboxylic acids is 3. The molecule has 8 nitrogen and oxygen atoms in total. The third kappa shape index (κ3) is 3.45. The van der Waals surface area contributed by atoms with Crippen LogP contribution in [0, 0.1) is 5.92 Å². The lowest BCUT2D eigenvalue weighted by Gasteiger charge is -2.29. The summed E-state index contributed by atoms with van der Waals surface area (Å²) < 4.78 is 5.16. The number of furan rings is 1. The molecule has 0 bridgehead atoms. The van der Waals surface area contributed by atoms with Gasteiger partial charge in [0.15, 0.2) is 6.23 Å². The van der Waals surface area contributed by atoms with E-state index in [4.69, 9.17) is 4.42 Å². The summed E-state index contributed by atoms with van der Waals surface area (Å²) >= 11 is 0. The number of fused-ring (bicyclic) bond motifs is 1. The van der Waals surface area contributed by atoms with Gasteiger partial charge in [-0.1, -0.05) is 17.7 Å².